The molecule has 0 radical (unpaired) electrons. The van der Waals surface area contributed by atoms with Gasteiger partial charge in [-0.25, -0.2) is 14.6 Å². The molecule has 0 bridgehead atoms. The molecule has 0 atom stereocenters. The summed E-state index contributed by atoms with van der Waals surface area (Å²) in [5.74, 6) is -0.140. The Kier molecular flexibility index (Phi) is 4.53. The molecule has 0 aliphatic carbocycles. The Morgan fingerprint density at radius 2 is 1.88 bits per heavy atom. The van der Waals surface area contributed by atoms with E-state index in [1.165, 1.54) is 6.33 Å². The van der Waals surface area contributed by atoms with Crippen molar-refractivity contribution >= 4 is 22.9 Å². The average Bonchev–Trinajstić information content (AvgIpc) is 3.37. The van der Waals surface area contributed by atoms with Gasteiger partial charge in [-0.1, -0.05) is 12.1 Å². The summed E-state index contributed by atoms with van der Waals surface area (Å²) in [6.07, 6.45) is 4.94. The Balaban J connectivity index is 1.41. The minimum Gasteiger partial charge on any atom is -0.322 e. The molecule has 0 aliphatic rings. The largest absolute Gasteiger partial charge is 0.322 e. The van der Waals surface area contributed by atoms with Crippen LogP contribution in [0.5, 0.6) is 0 Å². The highest BCUT2D eigenvalue weighted by Crippen LogP contribution is 2.23. The molecular weight excluding hydrogens is 346 g/mol. The van der Waals surface area contributed by atoms with Gasteiger partial charge in [0.05, 0.1) is 6.54 Å². The van der Waals surface area contributed by atoms with E-state index in [2.05, 4.69) is 20.4 Å². The van der Waals surface area contributed by atoms with E-state index in [4.69, 9.17) is 0 Å². The smallest absolute Gasteiger partial charge is 0.255 e. The molecule has 0 fully saturated rings. The van der Waals surface area contributed by atoms with Crippen molar-refractivity contribution < 1.29 is 4.79 Å². The number of nitrogens with one attached hydrogen (secondary N) is 1. The molecule has 4 aromatic rings. The average molecular weight is 361 g/mol. The molecule has 2 aromatic heterocycles. The number of carbonyl (C=O) groups is 1. The normalized spacial score (nSPS) is 10.6. The van der Waals surface area contributed by atoms with Crippen LogP contribution in [0.2, 0.25) is 0 Å². The molecule has 1 N–H and O–H groups in total. The van der Waals surface area contributed by atoms with E-state index in [9.17, 15) is 4.79 Å². The van der Waals surface area contributed by atoms with E-state index >= 15 is 0 Å². The Bertz CT molecular complexity index is 978. The maximum absolute atomic E-state index is 12.4. The summed E-state index contributed by atoms with van der Waals surface area (Å²) in [4.78, 5) is 20.6. The second-order valence-electron chi connectivity index (χ2n) is 5.66. The summed E-state index contributed by atoms with van der Waals surface area (Å²) in [6, 6.07) is 15.1. The molecule has 4 rings (SSSR count). The Labute approximate surface area is 154 Å². The monoisotopic (exact) mass is 361 g/mol. The highest BCUT2D eigenvalue weighted by atomic mass is 32.1. The lowest BCUT2D eigenvalue weighted by Gasteiger charge is -2.07. The fourth-order valence-corrected chi connectivity index (χ4v) is 3.17. The number of thiazole rings is 1. The van der Waals surface area contributed by atoms with E-state index < -0.39 is 0 Å². The van der Waals surface area contributed by atoms with Gasteiger partial charge in [-0.3, -0.25) is 4.79 Å². The summed E-state index contributed by atoms with van der Waals surface area (Å²) in [7, 11) is 0. The van der Waals surface area contributed by atoms with Crippen LogP contribution >= 0.6 is 11.3 Å². The van der Waals surface area contributed by atoms with Gasteiger partial charge in [-0.05, 0) is 42.0 Å². The topological polar surface area (TPSA) is 72.7 Å². The predicted molar refractivity (Wildman–Crippen MR) is 101 cm³/mol. The van der Waals surface area contributed by atoms with Crippen LogP contribution in [-0.2, 0) is 6.54 Å². The molecule has 2 aromatic carbocycles. The van der Waals surface area contributed by atoms with Crippen molar-refractivity contribution in [3.63, 3.8) is 0 Å². The van der Waals surface area contributed by atoms with Crippen molar-refractivity contribution in [3.05, 3.63) is 83.9 Å². The van der Waals surface area contributed by atoms with Gasteiger partial charge in [0.1, 0.15) is 17.7 Å². The molecule has 0 saturated carbocycles. The van der Waals surface area contributed by atoms with Gasteiger partial charge in [-0.15, -0.1) is 11.3 Å². The first-order valence-electron chi connectivity index (χ1n) is 8.00. The third kappa shape index (κ3) is 3.68. The highest BCUT2D eigenvalue weighted by Gasteiger charge is 2.07. The number of hydrogen-bond donors (Lipinski definition) is 1. The quantitative estimate of drug-likeness (QED) is 0.588. The summed E-state index contributed by atoms with van der Waals surface area (Å²) in [5.41, 5.74) is 3.45. The van der Waals surface area contributed by atoms with E-state index in [1.54, 1.807) is 28.5 Å². The minimum atomic E-state index is -0.140. The lowest BCUT2D eigenvalue weighted by Crippen LogP contribution is -2.12. The van der Waals surface area contributed by atoms with Gasteiger partial charge in [0.2, 0.25) is 0 Å². The van der Waals surface area contributed by atoms with E-state index in [-0.39, 0.29) is 5.91 Å². The zero-order chi connectivity index (χ0) is 17.8. The number of rotatable bonds is 5. The van der Waals surface area contributed by atoms with Crippen LogP contribution in [0, 0.1) is 0 Å². The van der Waals surface area contributed by atoms with Crippen molar-refractivity contribution in [2.75, 3.05) is 5.32 Å². The number of anilines is 1. The summed E-state index contributed by atoms with van der Waals surface area (Å²) < 4.78 is 1.74. The number of nitrogens with zero attached hydrogens (tertiary/aromatic N) is 4. The van der Waals surface area contributed by atoms with Gasteiger partial charge in [-0.2, -0.15) is 5.10 Å². The molecule has 0 spiro atoms. The molecule has 2 heterocycles. The van der Waals surface area contributed by atoms with Crippen LogP contribution in [0.3, 0.4) is 0 Å². The fourth-order valence-electron chi connectivity index (χ4n) is 2.53. The van der Waals surface area contributed by atoms with Gasteiger partial charge in [0.25, 0.3) is 5.91 Å². The first kappa shape index (κ1) is 16.2. The summed E-state index contributed by atoms with van der Waals surface area (Å²) >= 11 is 1.59. The molecule has 1 amide bonds. The summed E-state index contributed by atoms with van der Waals surface area (Å²) in [5, 5.41) is 9.89. The summed E-state index contributed by atoms with van der Waals surface area (Å²) in [6.45, 7) is 0.625. The molecule has 0 saturated heterocycles. The molecular formula is C19H15N5OS. The highest BCUT2D eigenvalue weighted by molar-refractivity contribution is 7.13. The van der Waals surface area contributed by atoms with Crippen LogP contribution in [-0.4, -0.2) is 25.7 Å². The number of hydrogen-bond acceptors (Lipinski definition) is 5. The zero-order valence-corrected chi connectivity index (χ0v) is 14.6. The van der Waals surface area contributed by atoms with Crippen LogP contribution in [0.1, 0.15) is 15.9 Å². The zero-order valence-electron chi connectivity index (χ0n) is 13.7. The van der Waals surface area contributed by atoms with Crippen LogP contribution in [0.25, 0.3) is 10.6 Å². The van der Waals surface area contributed by atoms with Gasteiger partial charge in [0, 0.05) is 28.4 Å². The van der Waals surface area contributed by atoms with Crippen LogP contribution in [0.15, 0.2) is 72.8 Å². The van der Waals surface area contributed by atoms with Gasteiger partial charge >= 0.3 is 0 Å². The van der Waals surface area contributed by atoms with E-state index in [0.29, 0.717) is 12.1 Å². The van der Waals surface area contributed by atoms with E-state index in [0.717, 1.165) is 21.8 Å². The van der Waals surface area contributed by atoms with E-state index in [1.807, 2.05) is 53.9 Å². The predicted octanol–water partition coefficient (Wildman–Crippen LogP) is 3.70. The third-order valence-corrected chi connectivity index (χ3v) is 4.67. The Morgan fingerprint density at radius 1 is 1.08 bits per heavy atom. The lowest BCUT2D eigenvalue weighted by atomic mass is 10.1. The van der Waals surface area contributed by atoms with Crippen LogP contribution < -0.4 is 5.32 Å². The van der Waals surface area contributed by atoms with Crippen molar-refractivity contribution in [1.82, 2.24) is 19.7 Å². The Morgan fingerprint density at radius 3 is 2.54 bits per heavy atom. The number of aromatic nitrogens is 4. The first-order chi connectivity index (χ1) is 12.8. The molecule has 0 aliphatic heterocycles. The van der Waals surface area contributed by atoms with Crippen molar-refractivity contribution in [2.24, 2.45) is 0 Å². The van der Waals surface area contributed by atoms with Crippen molar-refractivity contribution in [2.45, 2.75) is 6.54 Å². The van der Waals surface area contributed by atoms with Crippen molar-refractivity contribution in [3.8, 4) is 10.6 Å². The fraction of sp³-hybridized carbons (Fsp3) is 0.0526. The number of amides is 1. The number of benzene rings is 2. The maximum Gasteiger partial charge on any atom is 0.255 e. The maximum atomic E-state index is 12.4. The first-order valence-corrected chi connectivity index (χ1v) is 8.88. The minimum absolute atomic E-state index is 0.140. The molecule has 0 unspecified atom stereocenters. The van der Waals surface area contributed by atoms with Gasteiger partial charge < -0.3 is 5.32 Å². The van der Waals surface area contributed by atoms with Gasteiger partial charge in [0.15, 0.2) is 0 Å². The number of carbonyl (C=O) groups excluding carboxylic acids is 1. The molecule has 7 heteroatoms. The SMILES string of the molecule is O=C(Nc1ccc(-c2nccs2)cc1)c1ccc(Cn2cncn2)cc1. The lowest BCUT2D eigenvalue weighted by molar-refractivity contribution is 0.102. The second kappa shape index (κ2) is 7.28. The Hall–Kier alpha value is -3.32. The molecule has 128 valence electrons. The molecule has 6 nitrogen and oxygen atoms in total. The molecule has 26 heavy (non-hydrogen) atoms. The second-order valence-corrected chi connectivity index (χ2v) is 6.55. The van der Waals surface area contributed by atoms with Crippen LogP contribution in [0.4, 0.5) is 5.69 Å². The van der Waals surface area contributed by atoms with Crippen molar-refractivity contribution in [1.29, 1.82) is 0 Å². The third-order valence-electron chi connectivity index (χ3n) is 3.85. The standard InChI is InChI=1S/C19H15N5OS/c25-18(15-3-1-14(2-4-15)11-24-13-20-12-22-24)23-17-7-5-16(6-8-17)19-21-9-10-26-19/h1-10,12-13H,11H2,(H,23,25).